The van der Waals surface area contributed by atoms with Gasteiger partial charge in [-0.1, -0.05) is 12.2 Å². The van der Waals surface area contributed by atoms with Crippen LogP contribution >= 0.6 is 11.8 Å². The molecule has 96 valence electrons. The van der Waals surface area contributed by atoms with Gasteiger partial charge in [-0.15, -0.1) is 0 Å². The molecule has 0 saturated carbocycles. The topological polar surface area (TPSA) is 43.1 Å². The first-order valence-electron chi connectivity index (χ1n) is 5.56. The first-order chi connectivity index (χ1) is 8.47. The predicted octanol–water partition coefficient (Wildman–Crippen LogP) is 4.31. The lowest BCUT2D eigenvalue weighted by molar-refractivity contribution is -0.384. The van der Waals surface area contributed by atoms with Crippen LogP contribution in [-0.4, -0.2) is 16.9 Å². The molecule has 0 saturated heterocycles. The van der Waals surface area contributed by atoms with E-state index in [0.29, 0.717) is 0 Å². The summed E-state index contributed by atoms with van der Waals surface area (Å²) in [5.74, 6) is 0.901. The number of hydrogen-bond donors (Lipinski definition) is 0. The zero-order chi connectivity index (χ0) is 13.7. The van der Waals surface area contributed by atoms with Crippen molar-refractivity contribution >= 4 is 23.0 Å². The van der Waals surface area contributed by atoms with Crippen LogP contribution in [0.5, 0.6) is 0 Å². The Morgan fingerprint density at radius 3 is 2.28 bits per heavy atom. The highest BCUT2D eigenvalue weighted by atomic mass is 32.2. The van der Waals surface area contributed by atoms with Gasteiger partial charge in [-0.05, 0) is 48.9 Å². The van der Waals surface area contributed by atoms with Gasteiger partial charge >= 0.3 is 0 Å². The van der Waals surface area contributed by atoms with Crippen molar-refractivity contribution in [3.8, 4) is 0 Å². The molecule has 0 aliphatic heterocycles. The molecule has 4 heteroatoms. The fraction of sp³-hybridized carbons (Fsp3) is 0.286. The van der Waals surface area contributed by atoms with E-state index in [9.17, 15) is 10.1 Å². The minimum Gasteiger partial charge on any atom is -0.258 e. The smallest absolute Gasteiger partial charge is 0.258 e. The Hall–Kier alpha value is -1.55. The number of hydrogen-bond acceptors (Lipinski definition) is 3. The summed E-state index contributed by atoms with van der Waals surface area (Å²) < 4.78 is 0. The van der Waals surface area contributed by atoms with Crippen molar-refractivity contribution in [2.24, 2.45) is 0 Å². The van der Waals surface area contributed by atoms with Gasteiger partial charge in [0.05, 0.1) is 4.92 Å². The first kappa shape index (κ1) is 14.5. The van der Waals surface area contributed by atoms with E-state index in [0.717, 1.165) is 22.5 Å². The molecule has 0 aromatic heterocycles. The van der Waals surface area contributed by atoms with E-state index in [-0.39, 0.29) is 10.6 Å². The van der Waals surface area contributed by atoms with Gasteiger partial charge in [0.25, 0.3) is 5.69 Å². The van der Waals surface area contributed by atoms with Crippen molar-refractivity contribution in [2.75, 3.05) is 12.0 Å². The van der Waals surface area contributed by atoms with E-state index in [4.69, 9.17) is 0 Å². The summed E-state index contributed by atoms with van der Waals surface area (Å²) in [4.78, 5) is 10.2. The summed E-state index contributed by atoms with van der Waals surface area (Å²) >= 11 is 1.74. The molecule has 18 heavy (non-hydrogen) atoms. The van der Waals surface area contributed by atoms with E-state index in [1.54, 1.807) is 23.9 Å². The summed E-state index contributed by atoms with van der Waals surface area (Å²) in [5, 5.41) is 10.6. The number of thioether (sulfide) groups is 1. The number of non-ortho nitro benzene ring substituents is 1. The standard InChI is InChI=1S/C14H17NO2S/c1-10(2)14(9-18-4)11(3)12-5-7-13(8-6-12)15(16)17/h5-8H,1,9H2,2-4H3/b14-11+. The molecule has 0 N–H and O–H groups in total. The van der Waals surface area contributed by atoms with Crippen LogP contribution in [0.2, 0.25) is 0 Å². The van der Waals surface area contributed by atoms with Gasteiger partial charge in [0, 0.05) is 17.9 Å². The highest BCUT2D eigenvalue weighted by Crippen LogP contribution is 2.26. The van der Waals surface area contributed by atoms with Gasteiger partial charge in [-0.3, -0.25) is 10.1 Å². The van der Waals surface area contributed by atoms with Crippen LogP contribution in [0, 0.1) is 10.1 Å². The molecule has 0 unspecified atom stereocenters. The molecular formula is C14H17NO2S. The van der Waals surface area contributed by atoms with Crippen molar-refractivity contribution < 1.29 is 4.92 Å². The largest absolute Gasteiger partial charge is 0.269 e. The molecule has 0 aliphatic carbocycles. The molecule has 0 amide bonds. The fourth-order valence-electron chi connectivity index (χ4n) is 1.70. The van der Waals surface area contributed by atoms with Gasteiger partial charge in [0.2, 0.25) is 0 Å². The normalized spacial score (nSPS) is 11.9. The van der Waals surface area contributed by atoms with E-state index in [1.165, 1.54) is 17.7 Å². The fourth-order valence-corrected chi connectivity index (χ4v) is 2.45. The lowest BCUT2D eigenvalue weighted by Crippen LogP contribution is -1.94. The quantitative estimate of drug-likeness (QED) is 0.451. The van der Waals surface area contributed by atoms with Crippen LogP contribution in [0.15, 0.2) is 42.0 Å². The number of nitrogens with zero attached hydrogens (tertiary/aromatic N) is 1. The highest BCUT2D eigenvalue weighted by Gasteiger charge is 2.08. The number of benzene rings is 1. The van der Waals surface area contributed by atoms with Crippen molar-refractivity contribution in [2.45, 2.75) is 13.8 Å². The molecule has 1 aromatic carbocycles. The van der Waals surface area contributed by atoms with Crippen molar-refractivity contribution in [3.05, 3.63) is 57.7 Å². The second-order valence-corrected chi connectivity index (χ2v) is 4.99. The Morgan fingerprint density at radius 2 is 1.89 bits per heavy atom. The SMILES string of the molecule is C=C(C)/C(CSC)=C(\C)c1ccc([N+](=O)[O-])cc1. The second-order valence-electron chi connectivity index (χ2n) is 4.12. The minimum atomic E-state index is -0.385. The number of nitro groups is 1. The highest BCUT2D eigenvalue weighted by molar-refractivity contribution is 7.98. The average Bonchev–Trinajstić information content (AvgIpc) is 2.35. The molecule has 0 fully saturated rings. The zero-order valence-corrected chi connectivity index (χ0v) is 11.7. The molecule has 1 rings (SSSR count). The molecule has 1 aromatic rings. The van der Waals surface area contributed by atoms with E-state index < -0.39 is 0 Å². The summed E-state index contributed by atoms with van der Waals surface area (Å²) in [5.41, 5.74) is 4.50. The molecule has 0 spiro atoms. The Morgan fingerprint density at radius 1 is 1.33 bits per heavy atom. The third-order valence-electron chi connectivity index (χ3n) is 2.77. The van der Waals surface area contributed by atoms with Crippen molar-refractivity contribution in [3.63, 3.8) is 0 Å². The van der Waals surface area contributed by atoms with Gasteiger partial charge in [-0.2, -0.15) is 11.8 Å². The average molecular weight is 263 g/mol. The van der Waals surface area contributed by atoms with Crippen molar-refractivity contribution in [1.82, 2.24) is 0 Å². The van der Waals surface area contributed by atoms with E-state index >= 15 is 0 Å². The van der Waals surface area contributed by atoms with Crippen LogP contribution in [0.25, 0.3) is 5.57 Å². The van der Waals surface area contributed by atoms with E-state index in [2.05, 4.69) is 6.58 Å². The Labute approximate surface area is 112 Å². The molecule has 0 bridgehead atoms. The molecule has 0 heterocycles. The number of allylic oxidation sites excluding steroid dienone is 2. The van der Waals surface area contributed by atoms with E-state index in [1.807, 2.05) is 20.1 Å². The number of rotatable bonds is 5. The maximum Gasteiger partial charge on any atom is 0.269 e. The second kappa shape index (κ2) is 6.40. The molecule has 0 radical (unpaired) electrons. The third kappa shape index (κ3) is 3.47. The maximum atomic E-state index is 10.6. The predicted molar refractivity (Wildman–Crippen MR) is 78.9 cm³/mol. The van der Waals surface area contributed by atoms with Gasteiger partial charge in [0.15, 0.2) is 0 Å². The Kier molecular flexibility index (Phi) is 5.16. The molecule has 0 atom stereocenters. The monoisotopic (exact) mass is 263 g/mol. The van der Waals surface area contributed by atoms with Gasteiger partial charge < -0.3 is 0 Å². The van der Waals surface area contributed by atoms with Crippen molar-refractivity contribution in [1.29, 1.82) is 0 Å². The number of nitro benzene ring substituents is 1. The minimum absolute atomic E-state index is 0.119. The summed E-state index contributed by atoms with van der Waals surface area (Å²) in [6, 6.07) is 6.65. The lowest BCUT2D eigenvalue weighted by Gasteiger charge is -2.11. The molecule has 0 aliphatic rings. The summed E-state index contributed by atoms with van der Waals surface area (Å²) in [6.45, 7) is 8.00. The van der Waals surface area contributed by atoms with Crippen LogP contribution in [0.3, 0.4) is 0 Å². The maximum absolute atomic E-state index is 10.6. The van der Waals surface area contributed by atoms with Crippen LogP contribution in [-0.2, 0) is 0 Å². The van der Waals surface area contributed by atoms with Crippen LogP contribution in [0.1, 0.15) is 19.4 Å². The Bertz CT molecular complexity index is 489. The first-order valence-corrected chi connectivity index (χ1v) is 6.96. The zero-order valence-electron chi connectivity index (χ0n) is 10.9. The molecule has 3 nitrogen and oxygen atoms in total. The van der Waals surface area contributed by atoms with Gasteiger partial charge in [-0.25, -0.2) is 0 Å². The lowest BCUT2D eigenvalue weighted by atomic mass is 9.98. The van der Waals surface area contributed by atoms with Gasteiger partial charge in [0.1, 0.15) is 0 Å². The molecular weight excluding hydrogens is 246 g/mol. The summed E-state index contributed by atoms with van der Waals surface area (Å²) in [6.07, 6.45) is 2.05. The third-order valence-corrected chi connectivity index (χ3v) is 3.34. The Balaban J connectivity index is 3.15. The van der Waals surface area contributed by atoms with Crippen LogP contribution < -0.4 is 0 Å². The summed E-state index contributed by atoms with van der Waals surface area (Å²) in [7, 11) is 0. The van der Waals surface area contributed by atoms with Crippen LogP contribution in [0.4, 0.5) is 5.69 Å².